The van der Waals surface area contributed by atoms with Crippen LogP contribution in [0.2, 0.25) is 0 Å². The molecule has 1 aliphatic rings. The normalized spacial score (nSPS) is 20.8. The second-order valence-electron chi connectivity index (χ2n) is 6.20. The lowest BCUT2D eigenvalue weighted by Crippen LogP contribution is -2.41. The largest absolute Gasteiger partial charge is 0.492 e. The average molecular weight is 291 g/mol. The number of carbonyl (C=O) groups excluding carboxylic acids is 1. The van der Waals surface area contributed by atoms with Gasteiger partial charge in [0.05, 0.1) is 11.2 Å². The van der Waals surface area contributed by atoms with E-state index >= 15 is 0 Å². The topological polar surface area (TPSA) is 60.7 Å². The van der Waals surface area contributed by atoms with Crippen LogP contribution < -0.4 is 5.32 Å². The summed E-state index contributed by atoms with van der Waals surface area (Å²) in [4.78, 5) is 10.7. The number of carbonyl (C=O) groups is 1. The van der Waals surface area contributed by atoms with E-state index < -0.39 is 7.12 Å². The van der Waals surface area contributed by atoms with E-state index in [1.807, 2.05) is 40.8 Å². The Morgan fingerprint density at radius 2 is 1.76 bits per heavy atom. The third-order valence-corrected chi connectivity index (χ3v) is 4.03. The van der Waals surface area contributed by atoms with Crippen molar-refractivity contribution in [1.82, 2.24) is 5.32 Å². The maximum Gasteiger partial charge on any atom is 0.492 e. The monoisotopic (exact) mass is 291 g/mol. The van der Waals surface area contributed by atoms with Crippen molar-refractivity contribution >= 4 is 19.5 Å². The Kier molecular flexibility index (Phi) is 4.42. The van der Waals surface area contributed by atoms with Gasteiger partial charge in [-0.05, 0) is 58.4 Å². The van der Waals surface area contributed by atoms with E-state index in [4.69, 9.17) is 13.7 Å². The van der Waals surface area contributed by atoms with Crippen molar-refractivity contribution in [2.45, 2.75) is 38.9 Å². The summed E-state index contributed by atoms with van der Waals surface area (Å²) in [5.74, 6) is 0.913. The van der Waals surface area contributed by atoms with Gasteiger partial charge in [0, 0.05) is 6.54 Å². The van der Waals surface area contributed by atoms with Crippen LogP contribution in [0, 0.1) is 0 Å². The first-order valence-electron chi connectivity index (χ1n) is 7.05. The van der Waals surface area contributed by atoms with Gasteiger partial charge >= 0.3 is 7.12 Å². The van der Waals surface area contributed by atoms with Crippen LogP contribution >= 0.6 is 0 Å². The fourth-order valence-electron chi connectivity index (χ4n) is 2.09. The lowest BCUT2D eigenvalue weighted by molar-refractivity contribution is 0.00578. The summed E-state index contributed by atoms with van der Waals surface area (Å²) in [5.41, 5.74) is 0.145. The third kappa shape index (κ3) is 3.28. The summed E-state index contributed by atoms with van der Waals surface area (Å²) < 4.78 is 17.5. The van der Waals surface area contributed by atoms with Crippen molar-refractivity contribution in [3.63, 3.8) is 0 Å². The summed E-state index contributed by atoms with van der Waals surface area (Å²) in [6, 6.07) is 3.39. The minimum absolute atomic E-state index is 0.305. The molecule has 5 nitrogen and oxygen atoms in total. The molecule has 2 heterocycles. The zero-order valence-corrected chi connectivity index (χ0v) is 13.2. The zero-order chi connectivity index (χ0) is 15.7. The van der Waals surface area contributed by atoms with E-state index in [2.05, 4.69) is 5.32 Å². The molecule has 2 rings (SSSR count). The fraction of sp³-hybridized carbons (Fsp3) is 0.533. The van der Waals surface area contributed by atoms with Gasteiger partial charge in [-0.25, -0.2) is 0 Å². The van der Waals surface area contributed by atoms with Crippen LogP contribution in [0.1, 0.15) is 44.0 Å². The van der Waals surface area contributed by atoms with Crippen LogP contribution in [0.3, 0.4) is 0 Å². The molecule has 1 aliphatic heterocycles. The number of rotatable bonds is 5. The number of furan rings is 1. The van der Waals surface area contributed by atoms with Crippen molar-refractivity contribution in [2.75, 3.05) is 13.6 Å². The Balaban J connectivity index is 2.26. The van der Waals surface area contributed by atoms with Crippen LogP contribution in [0.15, 0.2) is 22.0 Å². The van der Waals surface area contributed by atoms with Crippen molar-refractivity contribution in [3.8, 4) is 0 Å². The molecule has 0 spiro atoms. The molecule has 0 radical (unpaired) electrons. The lowest BCUT2D eigenvalue weighted by atomic mass is 9.77. The summed E-state index contributed by atoms with van der Waals surface area (Å²) in [7, 11) is 1.42. The van der Waals surface area contributed by atoms with Crippen LogP contribution in [-0.4, -0.2) is 38.2 Å². The highest BCUT2D eigenvalue weighted by Gasteiger charge is 2.52. The fourth-order valence-corrected chi connectivity index (χ4v) is 2.09. The molecule has 0 bridgehead atoms. The molecule has 1 N–H and O–H groups in total. The van der Waals surface area contributed by atoms with Crippen molar-refractivity contribution in [1.29, 1.82) is 0 Å². The maximum absolute atomic E-state index is 10.7. The van der Waals surface area contributed by atoms with Gasteiger partial charge in [-0.2, -0.15) is 0 Å². The van der Waals surface area contributed by atoms with Gasteiger partial charge in [-0.3, -0.25) is 4.79 Å². The van der Waals surface area contributed by atoms with Gasteiger partial charge in [0.1, 0.15) is 5.76 Å². The second kappa shape index (κ2) is 5.79. The molecule has 6 heteroatoms. The highest BCUT2D eigenvalue weighted by atomic mass is 16.7. The molecule has 21 heavy (non-hydrogen) atoms. The number of nitrogens with one attached hydrogen (secondary N) is 1. The predicted molar refractivity (Wildman–Crippen MR) is 82.1 cm³/mol. The van der Waals surface area contributed by atoms with Gasteiger partial charge in [0.25, 0.3) is 0 Å². The molecular weight excluding hydrogens is 269 g/mol. The molecule has 0 atom stereocenters. The smallest absolute Gasteiger partial charge is 0.454 e. The minimum atomic E-state index is -0.438. The Labute approximate surface area is 125 Å². The van der Waals surface area contributed by atoms with E-state index in [1.54, 1.807) is 12.1 Å². The summed E-state index contributed by atoms with van der Waals surface area (Å²) in [5, 5.41) is 3.10. The average Bonchev–Trinajstić information content (AvgIpc) is 2.92. The second-order valence-corrected chi connectivity index (χ2v) is 6.20. The lowest BCUT2D eigenvalue weighted by Gasteiger charge is -2.32. The first-order valence-corrected chi connectivity index (χ1v) is 7.05. The first kappa shape index (κ1) is 16.0. The molecule has 1 fully saturated rings. The van der Waals surface area contributed by atoms with Crippen LogP contribution in [0.25, 0.3) is 6.08 Å². The maximum atomic E-state index is 10.7. The van der Waals surface area contributed by atoms with E-state index in [9.17, 15) is 4.79 Å². The molecule has 1 aromatic heterocycles. The zero-order valence-electron chi connectivity index (χ0n) is 13.2. The van der Waals surface area contributed by atoms with E-state index in [0.717, 1.165) is 5.47 Å². The van der Waals surface area contributed by atoms with Gasteiger partial charge in [-0.1, -0.05) is 0 Å². The van der Waals surface area contributed by atoms with Crippen molar-refractivity contribution in [3.05, 3.63) is 29.1 Å². The summed E-state index contributed by atoms with van der Waals surface area (Å²) in [6.45, 7) is 8.67. The van der Waals surface area contributed by atoms with Gasteiger partial charge in [-0.15, -0.1) is 0 Å². The standard InChI is InChI=1S/C15H22BNO4/c1-14(2)15(3,4)21-16(20-14)11(9-17-5)8-12-6-7-13(10-18)19-12/h6-8,10,17H,9H2,1-5H3. The highest BCUT2D eigenvalue weighted by molar-refractivity contribution is 6.55. The third-order valence-electron chi connectivity index (χ3n) is 4.03. The summed E-state index contributed by atoms with van der Waals surface area (Å²) in [6.07, 6.45) is 2.54. The van der Waals surface area contributed by atoms with Gasteiger partial charge in [0.2, 0.25) is 0 Å². The molecule has 0 unspecified atom stereocenters. The molecule has 0 amide bonds. The Hall–Kier alpha value is -1.37. The molecule has 114 valence electrons. The van der Waals surface area contributed by atoms with Gasteiger partial charge < -0.3 is 19.0 Å². The van der Waals surface area contributed by atoms with Crippen molar-refractivity contribution < 1.29 is 18.5 Å². The molecule has 1 aromatic rings. The molecule has 1 saturated heterocycles. The molecule has 0 aromatic carbocycles. The van der Waals surface area contributed by atoms with Gasteiger partial charge in [0.15, 0.2) is 12.0 Å². The SMILES string of the molecule is CNCC(=Cc1ccc(C=O)o1)B1OC(C)(C)C(C)(C)O1. The predicted octanol–water partition coefficient (Wildman–Crippen LogP) is 2.33. The Morgan fingerprint density at radius 1 is 1.19 bits per heavy atom. The van der Waals surface area contributed by atoms with Crippen LogP contribution in [0.4, 0.5) is 0 Å². The van der Waals surface area contributed by atoms with E-state index in [0.29, 0.717) is 24.4 Å². The number of hydrogen-bond acceptors (Lipinski definition) is 5. The van der Waals surface area contributed by atoms with Crippen LogP contribution in [0.5, 0.6) is 0 Å². The first-order chi connectivity index (χ1) is 9.79. The Morgan fingerprint density at radius 3 is 2.24 bits per heavy atom. The van der Waals surface area contributed by atoms with Crippen LogP contribution in [-0.2, 0) is 9.31 Å². The van der Waals surface area contributed by atoms with E-state index in [1.165, 1.54) is 0 Å². The van der Waals surface area contributed by atoms with Crippen molar-refractivity contribution in [2.24, 2.45) is 0 Å². The number of aldehydes is 1. The molecule has 0 aliphatic carbocycles. The number of likely N-dealkylation sites (N-methyl/N-ethyl adjacent to an activating group) is 1. The highest BCUT2D eigenvalue weighted by Crippen LogP contribution is 2.38. The molecule has 0 saturated carbocycles. The Bertz CT molecular complexity index is 532. The minimum Gasteiger partial charge on any atom is -0.454 e. The van der Waals surface area contributed by atoms with E-state index in [-0.39, 0.29) is 11.2 Å². The number of hydrogen-bond donors (Lipinski definition) is 1. The summed E-state index contributed by atoms with van der Waals surface area (Å²) >= 11 is 0. The quantitative estimate of drug-likeness (QED) is 0.666. The molecular formula is C15H22BNO4.